The number of nitrogens with zero attached hydrogens (tertiary/aromatic N) is 1. The van der Waals surface area contributed by atoms with E-state index in [9.17, 15) is 17.2 Å². The lowest BCUT2D eigenvalue weighted by atomic mass is 10.1. The zero-order chi connectivity index (χ0) is 10.8. The van der Waals surface area contributed by atoms with Crippen molar-refractivity contribution in [3.8, 4) is 0 Å². The summed E-state index contributed by atoms with van der Waals surface area (Å²) in [6.07, 6.45) is -0.394. The van der Waals surface area contributed by atoms with Gasteiger partial charge in [-0.2, -0.15) is 0 Å². The Kier molecular flexibility index (Phi) is 3.44. The molecule has 0 unspecified atom stereocenters. The molecule has 0 bridgehead atoms. The van der Waals surface area contributed by atoms with E-state index in [2.05, 4.69) is 0 Å². The minimum absolute atomic E-state index is 0.168. The van der Waals surface area contributed by atoms with Crippen LogP contribution in [-0.4, -0.2) is 44.6 Å². The molecule has 4 nitrogen and oxygen atoms in total. The summed E-state index contributed by atoms with van der Waals surface area (Å²) in [5, 5.41) is 4.80. The Balaban J connectivity index is 2.30. The van der Waals surface area contributed by atoms with Crippen LogP contribution in [0.5, 0.6) is 0 Å². The normalized spacial score (nSPS) is 23.6. The largest absolute Gasteiger partial charge is 0.302 e. The van der Waals surface area contributed by atoms with Gasteiger partial charge in [0.2, 0.25) is 10.0 Å². The molecule has 0 atom stereocenters. The van der Waals surface area contributed by atoms with Crippen LogP contribution in [0.1, 0.15) is 12.8 Å². The molecule has 2 N–H and O–H groups in total. The summed E-state index contributed by atoms with van der Waals surface area (Å²) in [6.45, 7) is 0.722. The van der Waals surface area contributed by atoms with Crippen LogP contribution < -0.4 is 5.14 Å². The van der Waals surface area contributed by atoms with Gasteiger partial charge in [0.1, 0.15) is 0 Å². The third-order valence-corrected chi connectivity index (χ3v) is 3.03. The van der Waals surface area contributed by atoms with E-state index < -0.39 is 15.9 Å². The van der Waals surface area contributed by atoms with Crippen LogP contribution in [0.4, 0.5) is 8.78 Å². The summed E-state index contributed by atoms with van der Waals surface area (Å²) >= 11 is 0. The maximum Gasteiger partial charge on any atom is 0.250 e. The summed E-state index contributed by atoms with van der Waals surface area (Å²) in [5.41, 5.74) is 0. The quantitative estimate of drug-likeness (QED) is 0.740. The Morgan fingerprint density at radius 3 is 2.21 bits per heavy atom. The fraction of sp³-hybridized carbons (Fsp3) is 1.00. The van der Waals surface area contributed by atoms with Crippen molar-refractivity contribution in [2.24, 2.45) is 5.14 Å². The first-order chi connectivity index (χ1) is 6.29. The van der Waals surface area contributed by atoms with Gasteiger partial charge in [-0.25, -0.2) is 22.3 Å². The van der Waals surface area contributed by atoms with Crippen LogP contribution in [0.3, 0.4) is 0 Å². The molecule has 0 aromatic rings. The molecule has 1 saturated heterocycles. The molecule has 0 amide bonds. The van der Waals surface area contributed by atoms with E-state index >= 15 is 0 Å². The van der Waals surface area contributed by atoms with Crippen LogP contribution in [0, 0.1) is 0 Å². The van der Waals surface area contributed by atoms with Crippen LogP contribution in [0.2, 0.25) is 0 Å². The van der Waals surface area contributed by atoms with Gasteiger partial charge in [0.25, 0.3) is 5.92 Å². The number of nitrogens with two attached hydrogens (primary N) is 1. The maximum absolute atomic E-state index is 12.7. The van der Waals surface area contributed by atoms with Crippen LogP contribution in [0.15, 0.2) is 0 Å². The second-order valence-electron chi connectivity index (χ2n) is 3.56. The zero-order valence-electron chi connectivity index (χ0n) is 7.75. The first kappa shape index (κ1) is 11.8. The van der Waals surface area contributed by atoms with Crippen LogP contribution >= 0.6 is 0 Å². The standard InChI is InChI=1S/C7H14F2N2O2S/c8-7(9)1-3-11(4-2-7)5-6-14(10,12)13/h1-6H2,(H2,10,12,13). The monoisotopic (exact) mass is 228 g/mol. The lowest BCUT2D eigenvalue weighted by molar-refractivity contribution is -0.0539. The molecule has 1 fully saturated rings. The van der Waals surface area contributed by atoms with Gasteiger partial charge in [-0.3, -0.25) is 0 Å². The molecular weight excluding hydrogens is 214 g/mol. The lowest BCUT2D eigenvalue weighted by Gasteiger charge is -2.31. The Morgan fingerprint density at radius 1 is 1.29 bits per heavy atom. The molecule has 0 spiro atoms. The van der Waals surface area contributed by atoms with Crippen LogP contribution in [0.25, 0.3) is 0 Å². The third kappa shape index (κ3) is 4.30. The molecule has 0 saturated carbocycles. The molecule has 0 aromatic carbocycles. The van der Waals surface area contributed by atoms with E-state index in [1.165, 1.54) is 0 Å². The first-order valence-electron chi connectivity index (χ1n) is 4.39. The van der Waals surface area contributed by atoms with Crippen molar-refractivity contribution in [2.75, 3.05) is 25.4 Å². The summed E-state index contributed by atoms with van der Waals surface area (Å²) in [4.78, 5) is 1.70. The highest BCUT2D eigenvalue weighted by Gasteiger charge is 2.33. The van der Waals surface area contributed by atoms with Gasteiger partial charge in [-0.15, -0.1) is 0 Å². The van der Waals surface area contributed by atoms with Crippen LogP contribution in [-0.2, 0) is 10.0 Å². The topological polar surface area (TPSA) is 63.4 Å². The van der Waals surface area contributed by atoms with Crippen molar-refractivity contribution in [2.45, 2.75) is 18.8 Å². The zero-order valence-corrected chi connectivity index (χ0v) is 8.56. The number of likely N-dealkylation sites (tertiary alicyclic amines) is 1. The molecular formula is C7H14F2N2O2S. The van der Waals surface area contributed by atoms with Gasteiger partial charge in [0.15, 0.2) is 0 Å². The van der Waals surface area contributed by atoms with Gasteiger partial charge in [0.05, 0.1) is 5.75 Å². The highest BCUT2D eigenvalue weighted by molar-refractivity contribution is 7.89. The van der Waals surface area contributed by atoms with E-state index in [1.54, 1.807) is 4.90 Å². The van der Waals surface area contributed by atoms with Crippen molar-refractivity contribution in [1.29, 1.82) is 0 Å². The molecule has 0 aliphatic carbocycles. The predicted molar refractivity (Wildman–Crippen MR) is 48.6 cm³/mol. The highest BCUT2D eigenvalue weighted by Crippen LogP contribution is 2.27. The number of sulfonamides is 1. The average molecular weight is 228 g/mol. The van der Waals surface area contributed by atoms with Gasteiger partial charge >= 0.3 is 0 Å². The van der Waals surface area contributed by atoms with Gasteiger partial charge in [-0.05, 0) is 0 Å². The van der Waals surface area contributed by atoms with Crippen molar-refractivity contribution in [3.05, 3.63) is 0 Å². The number of halogens is 2. The average Bonchev–Trinajstić information content (AvgIpc) is 2.01. The molecule has 7 heteroatoms. The van der Waals surface area contributed by atoms with Crippen molar-refractivity contribution in [1.82, 2.24) is 4.90 Å². The minimum atomic E-state index is -3.48. The Hall–Kier alpha value is -0.270. The Bertz CT molecular complexity index is 282. The smallest absolute Gasteiger partial charge is 0.250 e. The van der Waals surface area contributed by atoms with E-state index in [4.69, 9.17) is 5.14 Å². The third-order valence-electron chi connectivity index (χ3n) is 2.28. The number of primary sulfonamides is 1. The van der Waals surface area contributed by atoms with E-state index in [1.807, 2.05) is 0 Å². The molecule has 1 heterocycles. The highest BCUT2D eigenvalue weighted by atomic mass is 32.2. The predicted octanol–water partition coefficient (Wildman–Crippen LogP) is 0.00600. The SMILES string of the molecule is NS(=O)(=O)CCN1CCC(F)(F)CC1. The fourth-order valence-electron chi connectivity index (χ4n) is 1.36. The molecule has 84 valence electrons. The summed E-state index contributed by atoms with van der Waals surface area (Å²) in [6, 6.07) is 0. The fourth-order valence-corrected chi connectivity index (χ4v) is 1.87. The number of hydrogen-bond acceptors (Lipinski definition) is 3. The van der Waals surface area contributed by atoms with Gasteiger partial charge < -0.3 is 4.90 Å². The molecule has 0 radical (unpaired) electrons. The number of alkyl halides is 2. The minimum Gasteiger partial charge on any atom is -0.302 e. The molecule has 1 aliphatic heterocycles. The summed E-state index contributed by atoms with van der Waals surface area (Å²) in [7, 11) is -3.48. The molecule has 1 rings (SSSR count). The molecule has 0 aromatic heterocycles. The van der Waals surface area contributed by atoms with Gasteiger partial charge in [0, 0.05) is 32.5 Å². The van der Waals surface area contributed by atoms with E-state index in [-0.39, 0.29) is 38.2 Å². The number of piperidine rings is 1. The summed E-state index contributed by atoms with van der Waals surface area (Å²) in [5.74, 6) is -2.75. The molecule has 14 heavy (non-hydrogen) atoms. The van der Waals surface area contributed by atoms with Crippen molar-refractivity contribution >= 4 is 10.0 Å². The maximum atomic E-state index is 12.7. The lowest BCUT2D eigenvalue weighted by Crippen LogP contribution is -2.41. The number of rotatable bonds is 3. The van der Waals surface area contributed by atoms with E-state index in [0.29, 0.717) is 0 Å². The number of hydrogen-bond donors (Lipinski definition) is 1. The van der Waals surface area contributed by atoms with Crippen molar-refractivity contribution < 1.29 is 17.2 Å². The summed E-state index contributed by atoms with van der Waals surface area (Å²) < 4.78 is 46.6. The van der Waals surface area contributed by atoms with Crippen molar-refractivity contribution in [3.63, 3.8) is 0 Å². The van der Waals surface area contributed by atoms with Gasteiger partial charge in [-0.1, -0.05) is 0 Å². The second-order valence-corrected chi connectivity index (χ2v) is 5.30. The second kappa shape index (κ2) is 4.08. The molecule has 1 aliphatic rings. The Labute approximate surface area is 82.1 Å². The Morgan fingerprint density at radius 2 is 1.79 bits per heavy atom. The van der Waals surface area contributed by atoms with E-state index in [0.717, 1.165) is 0 Å². The first-order valence-corrected chi connectivity index (χ1v) is 6.11.